The van der Waals surface area contributed by atoms with E-state index >= 15 is 0 Å². The molecule has 2 N–H and O–H groups in total. The van der Waals surface area contributed by atoms with E-state index in [0.717, 1.165) is 12.6 Å². The van der Waals surface area contributed by atoms with E-state index < -0.39 is 0 Å². The molecule has 2 nitrogen and oxygen atoms in total. The van der Waals surface area contributed by atoms with Crippen LogP contribution in [0, 0.1) is 0 Å². The summed E-state index contributed by atoms with van der Waals surface area (Å²) in [6.45, 7) is 6.63. The van der Waals surface area contributed by atoms with Crippen molar-refractivity contribution in [2.75, 3.05) is 13.1 Å². The van der Waals surface area contributed by atoms with Crippen molar-refractivity contribution in [3.05, 3.63) is 12.2 Å². The van der Waals surface area contributed by atoms with Crippen LogP contribution >= 0.6 is 0 Å². The zero-order chi connectivity index (χ0) is 8.10. The van der Waals surface area contributed by atoms with Crippen molar-refractivity contribution in [1.82, 2.24) is 10.6 Å². The summed E-state index contributed by atoms with van der Waals surface area (Å²) in [7, 11) is 0. The normalized spacial score (nSPS) is 34.0. The zero-order valence-corrected chi connectivity index (χ0v) is 7.43. The third kappa shape index (κ3) is 3.54. The molecule has 64 valence electrons. The molecule has 0 bridgehead atoms. The topological polar surface area (TPSA) is 24.1 Å². The lowest BCUT2D eigenvalue weighted by molar-refractivity contribution is 0.399. The van der Waals surface area contributed by atoms with Crippen LogP contribution in [0.5, 0.6) is 0 Å². The van der Waals surface area contributed by atoms with Crippen molar-refractivity contribution in [1.29, 1.82) is 0 Å². The third-order valence-electron chi connectivity index (χ3n) is 2.05. The Labute approximate surface area is 69.1 Å². The van der Waals surface area contributed by atoms with Gasteiger partial charge in [-0.3, -0.25) is 0 Å². The van der Waals surface area contributed by atoms with Crippen molar-refractivity contribution < 1.29 is 0 Å². The first-order valence-corrected chi connectivity index (χ1v) is 4.42. The van der Waals surface area contributed by atoms with E-state index in [2.05, 4.69) is 36.6 Å². The van der Waals surface area contributed by atoms with Crippen LogP contribution in [0.25, 0.3) is 0 Å². The predicted octanol–water partition coefficient (Wildman–Crippen LogP) is 0.902. The minimum Gasteiger partial charge on any atom is -0.314 e. The van der Waals surface area contributed by atoms with Crippen LogP contribution in [-0.4, -0.2) is 25.2 Å². The second kappa shape index (κ2) is 4.52. The Bertz CT molecular complexity index is 128. The molecular weight excluding hydrogens is 136 g/mol. The molecule has 2 heterocycles. The highest BCUT2D eigenvalue weighted by atomic mass is 15.0. The Morgan fingerprint density at radius 1 is 1.27 bits per heavy atom. The van der Waals surface area contributed by atoms with Crippen molar-refractivity contribution in [3.63, 3.8) is 0 Å². The van der Waals surface area contributed by atoms with Crippen LogP contribution in [0.4, 0.5) is 0 Å². The molecule has 2 heteroatoms. The molecule has 2 atom stereocenters. The fourth-order valence-electron chi connectivity index (χ4n) is 1.03. The summed E-state index contributed by atoms with van der Waals surface area (Å²) < 4.78 is 0. The Kier molecular flexibility index (Phi) is 3.60. The van der Waals surface area contributed by atoms with Gasteiger partial charge in [-0.1, -0.05) is 12.2 Å². The summed E-state index contributed by atoms with van der Waals surface area (Å²) in [4.78, 5) is 0. The summed E-state index contributed by atoms with van der Waals surface area (Å²) in [5.74, 6) is 0. The standard InChI is InChI=1S/C5H9N.C4H9N/c1-5-3-2-4-6-5;1-4-2-3-5-4/h2-3,5-6H,4H2,1H3;4-5H,2-3H2,1H3. The SMILES string of the molecule is CC1C=CCN1.CC1CCN1. The lowest BCUT2D eigenvalue weighted by Gasteiger charge is -2.22. The Morgan fingerprint density at radius 3 is 2.00 bits per heavy atom. The van der Waals surface area contributed by atoms with Gasteiger partial charge in [0.25, 0.3) is 0 Å². The summed E-state index contributed by atoms with van der Waals surface area (Å²) in [6, 6.07) is 1.43. The molecule has 11 heavy (non-hydrogen) atoms. The molecule has 0 aliphatic carbocycles. The number of hydrogen-bond donors (Lipinski definition) is 2. The van der Waals surface area contributed by atoms with Crippen molar-refractivity contribution in [2.24, 2.45) is 0 Å². The van der Waals surface area contributed by atoms with Gasteiger partial charge in [-0.2, -0.15) is 0 Å². The molecule has 0 aromatic rings. The molecule has 0 saturated carbocycles. The highest BCUT2D eigenvalue weighted by molar-refractivity contribution is 4.99. The quantitative estimate of drug-likeness (QED) is 0.507. The summed E-state index contributed by atoms with van der Waals surface area (Å²) in [6.07, 6.45) is 5.69. The van der Waals surface area contributed by atoms with E-state index in [1.54, 1.807) is 0 Å². The second-order valence-corrected chi connectivity index (χ2v) is 3.27. The first-order valence-electron chi connectivity index (χ1n) is 4.42. The van der Waals surface area contributed by atoms with Crippen LogP contribution in [0.2, 0.25) is 0 Å². The van der Waals surface area contributed by atoms with Gasteiger partial charge < -0.3 is 10.6 Å². The maximum absolute atomic E-state index is 3.21. The number of hydrogen-bond acceptors (Lipinski definition) is 2. The van der Waals surface area contributed by atoms with E-state index in [0.29, 0.717) is 6.04 Å². The first kappa shape index (κ1) is 8.75. The maximum Gasteiger partial charge on any atom is 0.0225 e. The Hall–Kier alpha value is -0.340. The van der Waals surface area contributed by atoms with Gasteiger partial charge in [0.1, 0.15) is 0 Å². The van der Waals surface area contributed by atoms with Crippen molar-refractivity contribution in [3.8, 4) is 0 Å². The van der Waals surface area contributed by atoms with Gasteiger partial charge in [0, 0.05) is 18.6 Å². The fraction of sp³-hybridized carbons (Fsp3) is 0.778. The minimum absolute atomic E-state index is 0.616. The minimum atomic E-state index is 0.616. The molecule has 0 spiro atoms. The van der Waals surface area contributed by atoms with Crippen LogP contribution in [0.15, 0.2) is 12.2 Å². The fourth-order valence-corrected chi connectivity index (χ4v) is 1.03. The second-order valence-electron chi connectivity index (χ2n) is 3.27. The number of nitrogens with one attached hydrogen (secondary N) is 2. The van der Waals surface area contributed by atoms with Crippen LogP contribution in [0.3, 0.4) is 0 Å². The molecule has 1 fully saturated rings. The Balaban J connectivity index is 0.000000112. The van der Waals surface area contributed by atoms with Crippen LogP contribution in [-0.2, 0) is 0 Å². The van der Waals surface area contributed by atoms with E-state index in [4.69, 9.17) is 0 Å². The average molecular weight is 154 g/mol. The van der Waals surface area contributed by atoms with Gasteiger partial charge >= 0.3 is 0 Å². The molecule has 2 unspecified atom stereocenters. The molecule has 2 rings (SSSR count). The largest absolute Gasteiger partial charge is 0.314 e. The lowest BCUT2D eigenvalue weighted by atomic mass is 10.1. The summed E-state index contributed by atoms with van der Waals surface area (Å²) in [5, 5.41) is 6.42. The molecule has 2 aliphatic heterocycles. The third-order valence-corrected chi connectivity index (χ3v) is 2.05. The maximum atomic E-state index is 3.21. The van der Waals surface area contributed by atoms with Gasteiger partial charge in [0.2, 0.25) is 0 Å². The van der Waals surface area contributed by atoms with Gasteiger partial charge in [0.05, 0.1) is 0 Å². The molecule has 0 aromatic carbocycles. The average Bonchev–Trinajstić information content (AvgIpc) is 2.36. The van der Waals surface area contributed by atoms with E-state index in [9.17, 15) is 0 Å². The molecule has 0 radical (unpaired) electrons. The molecular formula is C9H18N2. The van der Waals surface area contributed by atoms with E-state index in [1.165, 1.54) is 13.0 Å². The van der Waals surface area contributed by atoms with Crippen LogP contribution < -0.4 is 10.6 Å². The van der Waals surface area contributed by atoms with Crippen LogP contribution in [0.1, 0.15) is 20.3 Å². The lowest BCUT2D eigenvalue weighted by Crippen LogP contribution is -2.39. The summed E-state index contributed by atoms with van der Waals surface area (Å²) >= 11 is 0. The van der Waals surface area contributed by atoms with Crippen molar-refractivity contribution >= 4 is 0 Å². The monoisotopic (exact) mass is 154 g/mol. The highest BCUT2D eigenvalue weighted by Crippen LogP contribution is 1.96. The zero-order valence-electron chi connectivity index (χ0n) is 7.43. The van der Waals surface area contributed by atoms with Crippen molar-refractivity contribution in [2.45, 2.75) is 32.4 Å². The Morgan fingerprint density at radius 2 is 1.91 bits per heavy atom. The molecule has 0 aromatic heterocycles. The molecule has 2 aliphatic rings. The van der Waals surface area contributed by atoms with Gasteiger partial charge in [-0.15, -0.1) is 0 Å². The smallest absolute Gasteiger partial charge is 0.0225 e. The molecule has 0 amide bonds. The highest BCUT2D eigenvalue weighted by Gasteiger charge is 2.07. The van der Waals surface area contributed by atoms with E-state index in [1.807, 2.05) is 0 Å². The first-order chi connectivity index (χ1) is 5.29. The summed E-state index contributed by atoms with van der Waals surface area (Å²) in [5.41, 5.74) is 0. The molecule has 1 saturated heterocycles. The number of rotatable bonds is 0. The van der Waals surface area contributed by atoms with Gasteiger partial charge in [-0.05, 0) is 26.8 Å². The van der Waals surface area contributed by atoms with E-state index in [-0.39, 0.29) is 0 Å². The van der Waals surface area contributed by atoms with Gasteiger partial charge in [-0.25, -0.2) is 0 Å². The van der Waals surface area contributed by atoms with Gasteiger partial charge in [0.15, 0.2) is 0 Å². The predicted molar refractivity (Wildman–Crippen MR) is 48.7 cm³/mol.